The van der Waals surface area contributed by atoms with Crippen LogP contribution in [0.5, 0.6) is 0 Å². The lowest BCUT2D eigenvalue weighted by molar-refractivity contribution is -0.117. The summed E-state index contributed by atoms with van der Waals surface area (Å²) in [6, 6.07) is 8.94. The van der Waals surface area contributed by atoms with Crippen LogP contribution in [0.2, 0.25) is 5.02 Å². The van der Waals surface area contributed by atoms with E-state index in [0.29, 0.717) is 34.8 Å². The quantitative estimate of drug-likeness (QED) is 0.624. The molecular formula is C19H21ClN4O3. The molecule has 0 saturated carbocycles. The Morgan fingerprint density at radius 2 is 2.11 bits per heavy atom. The van der Waals surface area contributed by atoms with Crippen LogP contribution in [0.3, 0.4) is 0 Å². The van der Waals surface area contributed by atoms with Crippen molar-refractivity contribution in [1.82, 2.24) is 15.1 Å². The summed E-state index contributed by atoms with van der Waals surface area (Å²) in [6.45, 7) is 5.23. The van der Waals surface area contributed by atoms with Crippen LogP contribution in [0.25, 0.3) is 11.7 Å². The Bertz CT molecular complexity index is 892. The Morgan fingerprint density at radius 1 is 1.26 bits per heavy atom. The van der Waals surface area contributed by atoms with Gasteiger partial charge in [-0.1, -0.05) is 24.6 Å². The standard InChI is InChI=1S/C19H21ClN4O3/c1-3-9-24(11-17(25)21-15-7-4-6-14(20)13(15)2)12-18-22-23-19(27-18)16-8-5-10-26-16/h4-8,10H,3,9,11-12H2,1-2H3,(H,21,25). The molecule has 27 heavy (non-hydrogen) atoms. The van der Waals surface area contributed by atoms with E-state index in [1.165, 1.54) is 0 Å². The minimum Gasteiger partial charge on any atom is -0.459 e. The van der Waals surface area contributed by atoms with Crippen molar-refractivity contribution in [2.24, 2.45) is 0 Å². The Hall–Kier alpha value is -2.64. The summed E-state index contributed by atoms with van der Waals surface area (Å²) in [5, 5.41) is 11.6. The number of anilines is 1. The average molecular weight is 389 g/mol. The third-order valence-corrected chi connectivity index (χ3v) is 4.42. The maximum absolute atomic E-state index is 12.5. The summed E-state index contributed by atoms with van der Waals surface area (Å²) in [7, 11) is 0. The number of nitrogens with one attached hydrogen (secondary N) is 1. The van der Waals surface area contributed by atoms with Gasteiger partial charge in [-0.2, -0.15) is 0 Å². The number of rotatable bonds is 8. The summed E-state index contributed by atoms with van der Waals surface area (Å²) < 4.78 is 10.9. The van der Waals surface area contributed by atoms with Crippen LogP contribution in [0.15, 0.2) is 45.4 Å². The van der Waals surface area contributed by atoms with Gasteiger partial charge in [-0.15, -0.1) is 10.2 Å². The zero-order valence-electron chi connectivity index (χ0n) is 15.2. The molecule has 0 bridgehead atoms. The lowest BCUT2D eigenvalue weighted by Crippen LogP contribution is -2.33. The predicted molar refractivity (Wildman–Crippen MR) is 102 cm³/mol. The number of aromatic nitrogens is 2. The molecule has 3 rings (SSSR count). The largest absolute Gasteiger partial charge is 0.459 e. The number of furan rings is 1. The predicted octanol–water partition coefficient (Wildman–Crippen LogP) is 4.14. The highest BCUT2D eigenvalue weighted by molar-refractivity contribution is 6.31. The smallest absolute Gasteiger partial charge is 0.283 e. The van der Waals surface area contributed by atoms with Gasteiger partial charge in [0, 0.05) is 10.7 Å². The van der Waals surface area contributed by atoms with Gasteiger partial charge in [0.1, 0.15) is 0 Å². The third-order valence-electron chi connectivity index (χ3n) is 4.01. The van der Waals surface area contributed by atoms with Gasteiger partial charge < -0.3 is 14.2 Å². The minimum absolute atomic E-state index is 0.125. The van der Waals surface area contributed by atoms with Crippen molar-refractivity contribution >= 4 is 23.2 Å². The molecule has 142 valence electrons. The van der Waals surface area contributed by atoms with Crippen LogP contribution in [0.4, 0.5) is 5.69 Å². The van der Waals surface area contributed by atoms with E-state index in [4.69, 9.17) is 20.4 Å². The molecule has 0 radical (unpaired) electrons. The summed E-state index contributed by atoms with van der Waals surface area (Å²) in [5.41, 5.74) is 1.55. The fraction of sp³-hybridized carbons (Fsp3) is 0.316. The summed E-state index contributed by atoms with van der Waals surface area (Å²) in [6.07, 6.45) is 2.44. The number of hydrogen-bond acceptors (Lipinski definition) is 6. The topological polar surface area (TPSA) is 84.4 Å². The van der Waals surface area contributed by atoms with Crippen molar-refractivity contribution in [3.8, 4) is 11.7 Å². The first-order chi connectivity index (χ1) is 13.1. The Balaban J connectivity index is 1.63. The van der Waals surface area contributed by atoms with Crippen LogP contribution < -0.4 is 5.32 Å². The van der Waals surface area contributed by atoms with Crippen molar-refractivity contribution in [2.45, 2.75) is 26.8 Å². The number of carbonyl (C=O) groups excluding carboxylic acids is 1. The van der Waals surface area contributed by atoms with Crippen LogP contribution >= 0.6 is 11.6 Å². The Kier molecular flexibility index (Phi) is 6.26. The first kappa shape index (κ1) is 19.1. The van der Waals surface area contributed by atoms with E-state index in [-0.39, 0.29) is 12.5 Å². The average Bonchev–Trinajstić information content (AvgIpc) is 3.30. The number of nitrogens with zero attached hydrogens (tertiary/aromatic N) is 3. The number of hydrogen-bond donors (Lipinski definition) is 1. The summed E-state index contributed by atoms with van der Waals surface area (Å²) in [5.74, 6) is 1.15. The molecule has 0 unspecified atom stereocenters. The van der Waals surface area contributed by atoms with E-state index >= 15 is 0 Å². The van der Waals surface area contributed by atoms with Gasteiger partial charge in [0.15, 0.2) is 5.76 Å². The number of halogens is 1. The molecule has 2 aromatic heterocycles. The second kappa shape index (κ2) is 8.83. The summed E-state index contributed by atoms with van der Waals surface area (Å²) >= 11 is 6.11. The van der Waals surface area contributed by atoms with Crippen LogP contribution in [0.1, 0.15) is 24.8 Å². The van der Waals surface area contributed by atoms with E-state index in [1.54, 1.807) is 24.5 Å². The molecule has 0 aliphatic carbocycles. The highest BCUT2D eigenvalue weighted by Crippen LogP contribution is 2.23. The first-order valence-electron chi connectivity index (χ1n) is 8.70. The van der Waals surface area contributed by atoms with E-state index in [1.807, 2.05) is 30.9 Å². The second-order valence-electron chi connectivity index (χ2n) is 6.15. The van der Waals surface area contributed by atoms with Gasteiger partial charge in [-0.3, -0.25) is 9.69 Å². The molecule has 0 aliphatic heterocycles. The van der Waals surface area contributed by atoms with Crippen LogP contribution in [0, 0.1) is 6.92 Å². The molecule has 1 N–H and O–H groups in total. The maximum Gasteiger partial charge on any atom is 0.283 e. The van der Waals surface area contributed by atoms with Crippen LogP contribution in [-0.4, -0.2) is 34.1 Å². The highest BCUT2D eigenvalue weighted by atomic mass is 35.5. The molecular weight excluding hydrogens is 368 g/mol. The van der Waals surface area contributed by atoms with E-state index in [2.05, 4.69) is 15.5 Å². The van der Waals surface area contributed by atoms with Gasteiger partial charge in [-0.25, -0.2) is 0 Å². The zero-order valence-corrected chi connectivity index (χ0v) is 16.0. The molecule has 3 aromatic rings. The highest BCUT2D eigenvalue weighted by Gasteiger charge is 2.17. The Morgan fingerprint density at radius 3 is 2.85 bits per heavy atom. The molecule has 0 saturated heterocycles. The fourth-order valence-corrected chi connectivity index (χ4v) is 2.85. The fourth-order valence-electron chi connectivity index (χ4n) is 2.67. The van der Waals surface area contributed by atoms with Gasteiger partial charge in [0.2, 0.25) is 11.8 Å². The van der Waals surface area contributed by atoms with E-state index < -0.39 is 0 Å². The molecule has 1 aromatic carbocycles. The molecule has 0 atom stereocenters. The van der Waals surface area contributed by atoms with Crippen molar-refractivity contribution in [3.05, 3.63) is 53.1 Å². The molecule has 1 amide bonds. The lowest BCUT2D eigenvalue weighted by atomic mass is 10.2. The molecule has 0 aliphatic rings. The van der Waals surface area contributed by atoms with E-state index in [0.717, 1.165) is 18.5 Å². The van der Waals surface area contributed by atoms with Gasteiger partial charge >= 0.3 is 0 Å². The van der Waals surface area contributed by atoms with Crippen molar-refractivity contribution in [1.29, 1.82) is 0 Å². The summed E-state index contributed by atoms with van der Waals surface area (Å²) in [4.78, 5) is 14.4. The zero-order chi connectivity index (χ0) is 19.2. The number of amides is 1. The lowest BCUT2D eigenvalue weighted by Gasteiger charge is -2.19. The normalized spacial score (nSPS) is 11.1. The number of carbonyl (C=O) groups is 1. The molecule has 0 fully saturated rings. The maximum atomic E-state index is 12.5. The monoisotopic (exact) mass is 388 g/mol. The Labute approximate surface area is 162 Å². The van der Waals surface area contributed by atoms with E-state index in [9.17, 15) is 4.79 Å². The molecule has 2 heterocycles. The number of benzene rings is 1. The van der Waals surface area contributed by atoms with Crippen molar-refractivity contribution < 1.29 is 13.6 Å². The SMILES string of the molecule is CCCN(CC(=O)Nc1cccc(Cl)c1C)Cc1nnc(-c2ccco2)o1. The molecule has 8 heteroatoms. The first-order valence-corrected chi connectivity index (χ1v) is 9.08. The van der Waals surface area contributed by atoms with Gasteiger partial charge in [0.25, 0.3) is 5.89 Å². The van der Waals surface area contributed by atoms with Crippen molar-refractivity contribution in [3.63, 3.8) is 0 Å². The van der Waals surface area contributed by atoms with Gasteiger partial charge in [0.05, 0.1) is 19.4 Å². The third kappa shape index (κ3) is 4.96. The molecule has 0 spiro atoms. The molecule has 7 nitrogen and oxygen atoms in total. The van der Waals surface area contributed by atoms with Crippen molar-refractivity contribution in [2.75, 3.05) is 18.4 Å². The minimum atomic E-state index is -0.125. The van der Waals surface area contributed by atoms with Gasteiger partial charge in [-0.05, 0) is 49.7 Å². The second-order valence-corrected chi connectivity index (χ2v) is 6.56. The van der Waals surface area contributed by atoms with Crippen LogP contribution in [-0.2, 0) is 11.3 Å².